The van der Waals surface area contributed by atoms with Crippen LogP contribution in [-0.2, 0) is 47.7 Å². The smallest absolute Gasteiger partial charge is 0.331 e. The molecule has 2 aromatic rings. The lowest BCUT2D eigenvalue weighted by atomic mass is 9.38. The maximum absolute atomic E-state index is 15.4. The van der Waals surface area contributed by atoms with Gasteiger partial charge in [0, 0.05) is 55.6 Å². The zero-order valence-corrected chi connectivity index (χ0v) is 41.1. The third kappa shape index (κ3) is 9.76. The van der Waals surface area contributed by atoms with Crippen molar-refractivity contribution in [1.82, 2.24) is 0 Å². The molecule has 0 unspecified atom stereocenters. The van der Waals surface area contributed by atoms with E-state index in [1.165, 1.54) is 32.9 Å². The predicted molar refractivity (Wildman–Crippen MR) is 250 cm³/mol. The number of allylic oxidation sites excluding steroid dienone is 1. The highest BCUT2D eigenvalue weighted by atomic mass is 16.6. The van der Waals surface area contributed by atoms with Crippen molar-refractivity contribution >= 4 is 47.6 Å². The lowest BCUT2D eigenvalue weighted by Crippen LogP contribution is -2.66. The second kappa shape index (κ2) is 18.8. The van der Waals surface area contributed by atoms with Crippen LogP contribution in [0.1, 0.15) is 119 Å². The highest BCUT2D eigenvalue weighted by molar-refractivity contribution is 5.91. The first kappa shape index (κ1) is 50.8. The summed E-state index contributed by atoms with van der Waals surface area (Å²) in [5.41, 5.74) is -4.48. The largest absolute Gasteiger partial charge is 0.497 e. The van der Waals surface area contributed by atoms with E-state index in [0.29, 0.717) is 23.5 Å². The van der Waals surface area contributed by atoms with Gasteiger partial charge >= 0.3 is 23.9 Å². The zero-order valence-electron chi connectivity index (χ0n) is 41.1. The number of hydrogen-bond donors (Lipinski definition) is 1. The summed E-state index contributed by atoms with van der Waals surface area (Å²) in [4.78, 5) is 81.8. The van der Waals surface area contributed by atoms with Crippen LogP contribution in [0, 0.1) is 39.4 Å². The highest BCUT2D eigenvalue weighted by Gasteiger charge is 2.75. The van der Waals surface area contributed by atoms with Gasteiger partial charge in [0.15, 0.2) is 5.78 Å². The van der Waals surface area contributed by atoms with Gasteiger partial charge < -0.3 is 33.5 Å². The SMILES string of the molecule is COc1cccc(/C=C/C(=O)O[C@H]2C[C@@H]3C(=CC[C@@H]4[C@@]3(C)C(=O)C[C@]3(C)[C@@H]([C@@](C)(O)C(=O)CCC(C)(C)OC(C)=O)[C@H](OC(C)=O)C[C@@]43C)C(C)(C)[C@@H]2OC(=O)/C=C/c2cccc(OC)c2)c1. The summed E-state index contributed by atoms with van der Waals surface area (Å²) in [6.45, 7) is 17.3. The zero-order chi connectivity index (χ0) is 49.5. The summed E-state index contributed by atoms with van der Waals surface area (Å²) < 4.78 is 34.7. The highest BCUT2D eigenvalue weighted by Crippen LogP contribution is 2.74. The predicted octanol–water partition coefficient (Wildman–Crippen LogP) is 8.63. The number of methoxy groups -OCH3 is 2. The number of carbonyl (C=O) groups excluding carboxylic acids is 6. The minimum absolute atomic E-state index is 0.0350. The Hall–Kier alpha value is -5.56. The number of esters is 4. The molecule has 4 aliphatic rings. The summed E-state index contributed by atoms with van der Waals surface area (Å²) in [7, 11) is 3.11. The molecule has 0 aliphatic heterocycles. The lowest BCUT2D eigenvalue weighted by molar-refractivity contribution is -0.196. The second-order valence-electron chi connectivity index (χ2n) is 21.0. The van der Waals surface area contributed by atoms with Crippen LogP contribution in [0.4, 0.5) is 0 Å². The van der Waals surface area contributed by atoms with Crippen LogP contribution in [0.5, 0.6) is 11.5 Å². The first-order valence-electron chi connectivity index (χ1n) is 23.2. The number of rotatable bonds is 15. The van der Waals surface area contributed by atoms with Gasteiger partial charge in [-0.2, -0.15) is 0 Å². The van der Waals surface area contributed by atoms with Gasteiger partial charge in [-0.15, -0.1) is 0 Å². The maximum atomic E-state index is 15.4. The van der Waals surface area contributed by atoms with Crippen LogP contribution < -0.4 is 9.47 Å². The number of Topliss-reactive ketones (excluding diaryl/α,β-unsaturated/α-hetero) is 2. The summed E-state index contributed by atoms with van der Waals surface area (Å²) in [5.74, 6) is -3.54. The molecule has 0 saturated heterocycles. The molecule has 0 aromatic heterocycles. The molecule has 1 N–H and O–H groups in total. The molecule has 67 heavy (non-hydrogen) atoms. The van der Waals surface area contributed by atoms with E-state index in [1.54, 1.807) is 70.6 Å². The summed E-state index contributed by atoms with van der Waals surface area (Å²) in [6.07, 6.45) is 6.00. The van der Waals surface area contributed by atoms with E-state index < -0.39 is 92.7 Å². The molecule has 4 aliphatic carbocycles. The van der Waals surface area contributed by atoms with Gasteiger partial charge in [-0.25, -0.2) is 9.59 Å². The van der Waals surface area contributed by atoms with Crippen LogP contribution in [0.25, 0.3) is 12.2 Å². The van der Waals surface area contributed by atoms with Crippen molar-refractivity contribution in [2.24, 2.45) is 39.4 Å². The van der Waals surface area contributed by atoms with Crippen LogP contribution in [0.3, 0.4) is 0 Å². The molecule has 0 heterocycles. The van der Waals surface area contributed by atoms with E-state index in [0.717, 1.165) is 11.1 Å². The third-order valence-electron chi connectivity index (χ3n) is 15.9. The quantitative estimate of drug-likeness (QED) is 0.0778. The molecule has 0 bridgehead atoms. The van der Waals surface area contributed by atoms with Crippen molar-refractivity contribution in [1.29, 1.82) is 0 Å². The number of benzene rings is 2. The van der Waals surface area contributed by atoms with E-state index in [-0.39, 0.29) is 43.8 Å². The number of fused-ring (bicyclic) bond motifs is 5. The van der Waals surface area contributed by atoms with Crippen molar-refractivity contribution in [2.45, 2.75) is 137 Å². The van der Waals surface area contributed by atoms with Gasteiger partial charge in [-0.3, -0.25) is 19.2 Å². The molecule has 13 nitrogen and oxygen atoms in total. The molecular formula is C54H68O13. The fraction of sp³-hybridized carbons (Fsp3) is 0.556. The Labute approximate surface area is 394 Å². The molecule has 2 aromatic carbocycles. The molecule has 0 spiro atoms. The normalized spacial score (nSPS) is 30.8. The number of aliphatic hydroxyl groups is 1. The Morgan fingerprint density at radius 2 is 1.34 bits per heavy atom. The van der Waals surface area contributed by atoms with E-state index in [1.807, 2.05) is 45.9 Å². The number of hydrogen-bond acceptors (Lipinski definition) is 13. The number of ether oxygens (including phenoxy) is 6. The Balaban J connectivity index is 1.37. The standard InChI is InChI=1S/C54H68O13/c1-32(55)64-41-30-51(7)42-22-21-38-39(53(42,9)44(58)31-52(51,8)47(41)54(10,61)43(57)25-26-49(3,4)67-33(2)56)29-40(65-45(59)23-19-34-15-13-17-36(27-34)62-11)48(50(38,5)6)66-46(60)24-20-35-16-14-18-37(28-35)63-12/h13-21,23-24,27-28,39-42,47-48,61H,22,25-26,29-31H2,1-12H3/b23-19+,24-20+/t39-,40+,41-,42+,47+,48-,51+,52-,53+,54+/m1/s1. The molecule has 3 saturated carbocycles. The fourth-order valence-electron chi connectivity index (χ4n) is 12.6. The van der Waals surface area contributed by atoms with E-state index in [4.69, 9.17) is 28.4 Å². The maximum Gasteiger partial charge on any atom is 0.331 e. The molecule has 0 amide bonds. The molecule has 13 heteroatoms. The Kier molecular flexibility index (Phi) is 14.3. The van der Waals surface area contributed by atoms with Crippen molar-refractivity contribution in [3.8, 4) is 11.5 Å². The number of ketones is 2. The van der Waals surface area contributed by atoms with Gasteiger partial charge in [-0.1, -0.05) is 70.5 Å². The monoisotopic (exact) mass is 924 g/mol. The molecule has 6 rings (SSSR count). The Morgan fingerprint density at radius 1 is 0.776 bits per heavy atom. The van der Waals surface area contributed by atoms with Gasteiger partial charge in [0.25, 0.3) is 0 Å². The molecular weight excluding hydrogens is 857 g/mol. The molecule has 10 atom stereocenters. The fourth-order valence-corrected chi connectivity index (χ4v) is 12.6. The van der Waals surface area contributed by atoms with Gasteiger partial charge in [-0.05, 0) is 117 Å². The lowest BCUT2D eigenvalue weighted by Gasteiger charge is -2.65. The minimum Gasteiger partial charge on any atom is -0.497 e. The second-order valence-corrected chi connectivity index (χ2v) is 21.0. The topological polar surface area (TPSA) is 178 Å². The minimum atomic E-state index is -2.04. The van der Waals surface area contributed by atoms with E-state index >= 15 is 4.79 Å². The van der Waals surface area contributed by atoms with Crippen LogP contribution in [0.15, 0.2) is 72.3 Å². The van der Waals surface area contributed by atoms with Crippen molar-refractivity contribution in [2.75, 3.05) is 14.2 Å². The Bertz CT molecular complexity index is 2370. The molecule has 3 fully saturated rings. The van der Waals surface area contributed by atoms with E-state index in [2.05, 4.69) is 13.0 Å². The summed E-state index contributed by atoms with van der Waals surface area (Å²) in [5, 5.41) is 12.5. The van der Waals surface area contributed by atoms with Crippen molar-refractivity contribution in [3.63, 3.8) is 0 Å². The first-order chi connectivity index (χ1) is 31.2. The average molecular weight is 925 g/mol. The first-order valence-corrected chi connectivity index (χ1v) is 23.2. The van der Waals surface area contributed by atoms with Crippen molar-refractivity contribution in [3.05, 3.63) is 83.5 Å². The summed E-state index contributed by atoms with van der Waals surface area (Å²) >= 11 is 0. The van der Waals surface area contributed by atoms with E-state index in [9.17, 15) is 29.1 Å². The van der Waals surface area contributed by atoms with Crippen LogP contribution >= 0.6 is 0 Å². The van der Waals surface area contributed by atoms with Crippen LogP contribution in [-0.4, -0.2) is 84.3 Å². The Morgan fingerprint density at radius 3 is 1.88 bits per heavy atom. The van der Waals surface area contributed by atoms with Gasteiger partial charge in [0.05, 0.1) is 14.2 Å². The number of carbonyl (C=O) groups is 6. The van der Waals surface area contributed by atoms with Gasteiger partial charge in [0.1, 0.15) is 46.8 Å². The molecule has 0 radical (unpaired) electrons. The van der Waals surface area contributed by atoms with Gasteiger partial charge in [0.2, 0.25) is 0 Å². The third-order valence-corrected chi connectivity index (χ3v) is 15.9. The molecule has 362 valence electrons. The van der Waals surface area contributed by atoms with Crippen molar-refractivity contribution < 1.29 is 62.3 Å². The summed E-state index contributed by atoms with van der Waals surface area (Å²) in [6, 6.07) is 14.4. The average Bonchev–Trinajstić information content (AvgIpc) is 3.47. The van der Waals surface area contributed by atoms with Crippen LogP contribution in [0.2, 0.25) is 0 Å².